The number of aromatic nitrogens is 4. The molecule has 0 radical (unpaired) electrons. The van der Waals surface area contributed by atoms with E-state index in [0.717, 1.165) is 30.7 Å². The van der Waals surface area contributed by atoms with Crippen LogP contribution in [0.4, 0.5) is 0 Å². The molecule has 0 saturated heterocycles. The second kappa shape index (κ2) is 5.91. The lowest BCUT2D eigenvalue weighted by atomic mass is 9.99. The first-order valence-electron chi connectivity index (χ1n) is 6.59. The molecule has 0 aliphatic carbocycles. The minimum absolute atomic E-state index is 0.431. The van der Waals surface area contributed by atoms with E-state index in [2.05, 4.69) is 41.3 Å². The highest BCUT2D eigenvalue weighted by molar-refractivity contribution is 5.42. The van der Waals surface area contributed by atoms with Crippen molar-refractivity contribution in [2.75, 3.05) is 6.54 Å². The van der Waals surface area contributed by atoms with Gasteiger partial charge in [-0.2, -0.15) is 0 Å². The summed E-state index contributed by atoms with van der Waals surface area (Å²) in [6.45, 7) is 7.69. The van der Waals surface area contributed by atoms with Crippen molar-refractivity contribution in [1.29, 1.82) is 0 Å². The van der Waals surface area contributed by atoms with Crippen LogP contribution in [0, 0.1) is 5.92 Å². The van der Waals surface area contributed by atoms with Crippen molar-refractivity contribution in [3.8, 4) is 0 Å². The number of nitrogens with one attached hydrogen (secondary N) is 1. The zero-order valence-electron chi connectivity index (χ0n) is 11.3. The summed E-state index contributed by atoms with van der Waals surface area (Å²) in [5.74, 6) is 0.571. The van der Waals surface area contributed by atoms with E-state index in [-0.39, 0.29) is 0 Å². The monoisotopic (exact) mass is 247 g/mol. The Labute approximate surface area is 108 Å². The highest BCUT2D eigenvalue weighted by atomic mass is 15.2. The number of hydrogen-bond donors (Lipinski definition) is 1. The minimum atomic E-state index is 0.431. The van der Waals surface area contributed by atoms with Crippen molar-refractivity contribution >= 4 is 5.65 Å². The van der Waals surface area contributed by atoms with Gasteiger partial charge >= 0.3 is 0 Å². The molecule has 5 heteroatoms. The summed E-state index contributed by atoms with van der Waals surface area (Å²) in [6.07, 6.45) is 7.43. The molecule has 0 saturated carbocycles. The zero-order chi connectivity index (χ0) is 13.0. The zero-order valence-corrected chi connectivity index (χ0v) is 11.3. The van der Waals surface area contributed by atoms with Crippen LogP contribution in [0.3, 0.4) is 0 Å². The summed E-state index contributed by atoms with van der Waals surface area (Å²) in [6, 6.07) is 0.431. The summed E-state index contributed by atoms with van der Waals surface area (Å²) in [4.78, 5) is 4.45. The molecule has 0 aromatic carbocycles. The van der Waals surface area contributed by atoms with E-state index in [0.29, 0.717) is 12.0 Å². The maximum Gasteiger partial charge on any atom is 0.182 e. The molecule has 2 rings (SSSR count). The van der Waals surface area contributed by atoms with Gasteiger partial charge in [0, 0.05) is 24.9 Å². The third-order valence-corrected chi connectivity index (χ3v) is 3.16. The molecule has 1 N–H and O–H groups in total. The van der Waals surface area contributed by atoms with Crippen LogP contribution in [0.15, 0.2) is 18.7 Å². The molecule has 1 atom stereocenters. The molecule has 0 aliphatic heterocycles. The van der Waals surface area contributed by atoms with E-state index >= 15 is 0 Å². The molecular formula is C13H21N5. The maximum atomic E-state index is 4.45. The second-order valence-electron chi connectivity index (χ2n) is 4.94. The molecule has 1 unspecified atom stereocenters. The van der Waals surface area contributed by atoms with Gasteiger partial charge in [0.1, 0.15) is 6.33 Å². The van der Waals surface area contributed by atoms with Gasteiger partial charge in [0.25, 0.3) is 0 Å². The molecule has 2 heterocycles. The SMILES string of the molecule is CCCNC(Cc1nccn2cnnc12)C(C)C. The lowest BCUT2D eigenvalue weighted by Crippen LogP contribution is -2.36. The fourth-order valence-electron chi connectivity index (χ4n) is 2.04. The average Bonchev–Trinajstić information content (AvgIpc) is 2.83. The van der Waals surface area contributed by atoms with E-state index in [9.17, 15) is 0 Å². The molecule has 0 amide bonds. The van der Waals surface area contributed by atoms with Crippen molar-refractivity contribution < 1.29 is 0 Å². The Balaban J connectivity index is 2.17. The Morgan fingerprint density at radius 1 is 1.39 bits per heavy atom. The average molecular weight is 247 g/mol. The molecular weight excluding hydrogens is 226 g/mol. The summed E-state index contributed by atoms with van der Waals surface area (Å²) in [5.41, 5.74) is 1.87. The van der Waals surface area contributed by atoms with Crippen molar-refractivity contribution in [3.05, 3.63) is 24.4 Å². The van der Waals surface area contributed by atoms with Crippen LogP contribution in [-0.4, -0.2) is 32.2 Å². The summed E-state index contributed by atoms with van der Waals surface area (Å²) >= 11 is 0. The summed E-state index contributed by atoms with van der Waals surface area (Å²) < 4.78 is 1.92. The number of hydrogen-bond acceptors (Lipinski definition) is 4. The Morgan fingerprint density at radius 3 is 2.94 bits per heavy atom. The molecule has 0 aliphatic rings. The highest BCUT2D eigenvalue weighted by Gasteiger charge is 2.16. The highest BCUT2D eigenvalue weighted by Crippen LogP contribution is 2.12. The van der Waals surface area contributed by atoms with Gasteiger partial charge in [0.2, 0.25) is 0 Å². The van der Waals surface area contributed by atoms with Gasteiger partial charge < -0.3 is 5.32 Å². The minimum Gasteiger partial charge on any atom is -0.313 e. The van der Waals surface area contributed by atoms with E-state index < -0.39 is 0 Å². The first-order chi connectivity index (χ1) is 8.72. The van der Waals surface area contributed by atoms with Crippen molar-refractivity contribution in [2.24, 2.45) is 5.92 Å². The molecule has 2 aromatic heterocycles. The van der Waals surface area contributed by atoms with Gasteiger partial charge in [0.15, 0.2) is 5.65 Å². The standard InChI is InChI=1S/C13H21N5/c1-4-5-14-11(10(2)3)8-12-13-17-16-9-18(13)7-6-15-12/h6-7,9-11,14H,4-5,8H2,1-3H3. The molecule has 0 bridgehead atoms. The van der Waals surface area contributed by atoms with Crippen LogP contribution in [0.1, 0.15) is 32.9 Å². The molecule has 2 aromatic rings. The molecule has 18 heavy (non-hydrogen) atoms. The topological polar surface area (TPSA) is 55.1 Å². The van der Waals surface area contributed by atoms with Gasteiger partial charge in [0.05, 0.1) is 5.69 Å². The van der Waals surface area contributed by atoms with Crippen LogP contribution in [-0.2, 0) is 6.42 Å². The van der Waals surface area contributed by atoms with E-state index in [1.807, 2.05) is 16.8 Å². The van der Waals surface area contributed by atoms with Crippen LogP contribution < -0.4 is 5.32 Å². The fourth-order valence-corrected chi connectivity index (χ4v) is 2.04. The van der Waals surface area contributed by atoms with Crippen molar-refractivity contribution in [3.63, 3.8) is 0 Å². The quantitative estimate of drug-likeness (QED) is 0.844. The van der Waals surface area contributed by atoms with Crippen LogP contribution >= 0.6 is 0 Å². The largest absolute Gasteiger partial charge is 0.313 e. The Bertz CT molecular complexity index is 491. The second-order valence-corrected chi connectivity index (χ2v) is 4.94. The van der Waals surface area contributed by atoms with E-state index in [1.54, 1.807) is 6.33 Å². The van der Waals surface area contributed by atoms with Crippen molar-refractivity contribution in [1.82, 2.24) is 24.9 Å². The Morgan fingerprint density at radius 2 is 2.22 bits per heavy atom. The van der Waals surface area contributed by atoms with E-state index in [4.69, 9.17) is 0 Å². The lowest BCUT2D eigenvalue weighted by Gasteiger charge is -2.21. The molecule has 5 nitrogen and oxygen atoms in total. The predicted molar refractivity (Wildman–Crippen MR) is 71.4 cm³/mol. The Kier molecular flexibility index (Phi) is 4.25. The molecule has 0 fully saturated rings. The number of rotatable bonds is 6. The van der Waals surface area contributed by atoms with Crippen LogP contribution in [0.2, 0.25) is 0 Å². The molecule has 0 spiro atoms. The van der Waals surface area contributed by atoms with Crippen LogP contribution in [0.25, 0.3) is 5.65 Å². The van der Waals surface area contributed by atoms with Gasteiger partial charge in [-0.15, -0.1) is 10.2 Å². The maximum absolute atomic E-state index is 4.45. The van der Waals surface area contributed by atoms with Gasteiger partial charge in [-0.25, -0.2) is 0 Å². The van der Waals surface area contributed by atoms with Gasteiger partial charge in [-0.05, 0) is 18.9 Å². The van der Waals surface area contributed by atoms with Gasteiger partial charge in [-0.3, -0.25) is 9.38 Å². The molecule has 98 valence electrons. The summed E-state index contributed by atoms with van der Waals surface area (Å²) in [5, 5.41) is 11.6. The van der Waals surface area contributed by atoms with E-state index in [1.165, 1.54) is 0 Å². The summed E-state index contributed by atoms with van der Waals surface area (Å²) in [7, 11) is 0. The third-order valence-electron chi connectivity index (χ3n) is 3.16. The van der Waals surface area contributed by atoms with Gasteiger partial charge in [-0.1, -0.05) is 20.8 Å². The van der Waals surface area contributed by atoms with Crippen LogP contribution in [0.5, 0.6) is 0 Å². The first-order valence-corrected chi connectivity index (χ1v) is 6.59. The fraction of sp³-hybridized carbons (Fsp3) is 0.615. The first kappa shape index (κ1) is 13.0. The normalized spacial score (nSPS) is 13.3. The Hall–Kier alpha value is -1.49. The number of fused-ring (bicyclic) bond motifs is 1. The number of nitrogens with zero attached hydrogens (tertiary/aromatic N) is 4. The smallest absolute Gasteiger partial charge is 0.182 e. The third kappa shape index (κ3) is 2.85. The predicted octanol–water partition coefficient (Wildman–Crippen LogP) is 1.69. The lowest BCUT2D eigenvalue weighted by molar-refractivity contribution is 0.395. The van der Waals surface area contributed by atoms with Crippen molar-refractivity contribution in [2.45, 2.75) is 39.7 Å².